The van der Waals surface area contributed by atoms with Gasteiger partial charge < -0.3 is 0 Å². The molecular weight excluding hydrogens is 364 g/mol. The van der Waals surface area contributed by atoms with E-state index in [4.69, 9.17) is 0 Å². The molecule has 0 bridgehead atoms. The Labute approximate surface area is 189 Å². The second kappa shape index (κ2) is 18.3. The Morgan fingerprint density at radius 1 is 0.433 bits per heavy atom. The van der Waals surface area contributed by atoms with Gasteiger partial charge in [-0.15, -0.1) is 0 Å². The highest BCUT2D eigenvalue weighted by molar-refractivity contribution is 5.78. The van der Waals surface area contributed by atoms with Gasteiger partial charge in [-0.2, -0.15) is 0 Å². The van der Waals surface area contributed by atoms with Crippen LogP contribution >= 0.6 is 0 Å². The van der Waals surface area contributed by atoms with E-state index in [1.54, 1.807) is 0 Å². The predicted octanol–water partition coefficient (Wildman–Crippen LogP) is 9.96. The van der Waals surface area contributed by atoms with Gasteiger partial charge in [-0.3, -0.25) is 4.79 Å². The highest BCUT2D eigenvalue weighted by atomic mass is 16.1. The summed E-state index contributed by atoms with van der Waals surface area (Å²) in [7, 11) is 0. The van der Waals surface area contributed by atoms with Gasteiger partial charge in [0.05, 0.1) is 0 Å². The van der Waals surface area contributed by atoms with Gasteiger partial charge in [0.15, 0.2) is 0 Å². The molecule has 0 aromatic rings. The summed E-state index contributed by atoms with van der Waals surface area (Å²) in [4.78, 5) is 12.0. The summed E-state index contributed by atoms with van der Waals surface area (Å²) in [5.74, 6) is 2.67. The van der Waals surface area contributed by atoms with Crippen LogP contribution in [-0.2, 0) is 4.79 Å². The first kappa shape index (κ1) is 25.9. The summed E-state index contributed by atoms with van der Waals surface area (Å²) in [6.07, 6.45) is 35.6. The van der Waals surface area contributed by atoms with Gasteiger partial charge in [-0.05, 0) is 24.7 Å². The quantitative estimate of drug-likeness (QED) is 0.180. The molecule has 0 N–H and O–H groups in total. The SMILES string of the molecule is O=C(CCCCCCCCCC1CCCC1)CCCCCCCCCC1CCCC1. The molecule has 2 saturated carbocycles. The molecule has 1 heteroatoms. The zero-order valence-corrected chi connectivity index (χ0v) is 20.4. The second-order valence-electron chi connectivity index (χ2n) is 10.9. The van der Waals surface area contributed by atoms with Gasteiger partial charge >= 0.3 is 0 Å². The van der Waals surface area contributed by atoms with E-state index in [1.807, 2.05) is 0 Å². The van der Waals surface area contributed by atoms with Crippen LogP contribution in [0.4, 0.5) is 0 Å². The zero-order chi connectivity index (χ0) is 21.1. The first-order valence-corrected chi connectivity index (χ1v) is 14.4. The lowest BCUT2D eigenvalue weighted by Crippen LogP contribution is -1.97. The van der Waals surface area contributed by atoms with E-state index in [0.717, 1.165) is 37.5 Å². The Bertz CT molecular complexity index is 353. The van der Waals surface area contributed by atoms with Gasteiger partial charge in [-0.1, -0.05) is 141 Å². The average Bonchev–Trinajstić information content (AvgIpc) is 3.45. The summed E-state index contributed by atoms with van der Waals surface area (Å²) >= 11 is 0. The van der Waals surface area contributed by atoms with Crippen LogP contribution in [0.5, 0.6) is 0 Å². The molecule has 0 spiro atoms. The smallest absolute Gasteiger partial charge is 0.132 e. The van der Waals surface area contributed by atoms with E-state index < -0.39 is 0 Å². The molecule has 0 saturated heterocycles. The molecule has 176 valence electrons. The van der Waals surface area contributed by atoms with Crippen LogP contribution in [0.1, 0.15) is 167 Å². The van der Waals surface area contributed by atoms with Gasteiger partial charge in [0.1, 0.15) is 5.78 Å². The molecule has 0 unspecified atom stereocenters. The van der Waals surface area contributed by atoms with Crippen molar-refractivity contribution in [1.82, 2.24) is 0 Å². The number of rotatable bonds is 20. The fourth-order valence-corrected chi connectivity index (χ4v) is 6.00. The molecule has 0 atom stereocenters. The van der Waals surface area contributed by atoms with Gasteiger partial charge in [0, 0.05) is 12.8 Å². The number of hydrogen-bond donors (Lipinski definition) is 0. The van der Waals surface area contributed by atoms with Gasteiger partial charge in [0.2, 0.25) is 0 Å². The van der Waals surface area contributed by atoms with Crippen LogP contribution in [0.3, 0.4) is 0 Å². The lowest BCUT2D eigenvalue weighted by atomic mass is 9.98. The lowest BCUT2D eigenvalue weighted by molar-refractivity contribution is -0.119. The molecule has 2 fully saturated rings. The maximum atomic E-state index is 12.0. The third kappa shape index (κ3) is 13.9. The van der Waals surface area contributed by atoms with Crippen molar-refractivity contribution < 1.29 is 4.79 Å². The molecule has 0 aromatic carbocycles. The fourth-order valence-electron chi connectivity index (χ4n) is 6.00. The van der Waals surface area contributed by atoms with Crippen molar-refractivity contribution in [2.24, 2.45) is 11.8 Å². The highest BCUT2D eigenvalue weighted by Crippen LogP contribution is 2.30. The Morgan fingerprint density at radius 2 is 0.733 bits per heavy atom. The summed E-state index contributed by atoms with van der Waals surface area (Å²) in [5, 5.41) is 0. The Balaban J connectivity index is 1.22. The molecule has 2 aliphatic carbocycles. The average molecular weight is 419 g/mol. The van der Waals surface area contributed by atoms with Crippen LogP contribution in [0, 0.1) is 11.8 Å². The fraction of sp³-hybridized carbons (Fsp3) is 0.966. The number of carbonyl (C=O) groups excluding carboxylic acids is 1. The van der Waals surface area contributed by atoms with Crippen LogP contribution in [0.25, 0.3) is 0 Å². The largest absolute Gasteiger partial charge is 0.300 e. The minimum absolute atomic E-state index is 0.531. The van der Waals surface area contributed by atoms with Crippen LogP contribution in [-0.4, -0.2) is 5.78 Å². The minimum atomic E-state index is 0.531. The Hall–Kier alpha value is -0.330. The molecule has 0 amide bonds. The van der Waals surface area contributed by atoms with Crippen molar-refractivity contribution in [1.29, 1.82) is 0 Å². The second-order valence-corrected chi connectivity index (χ2v) is 10.9. The normalized spacial score (nSPS) is 17.9. The Morgan fingerprint density at radius 3 is 1.10 bits per heavy atom. The molecule has 2 aliphatic rings. The number of hydrogen-bond acceptors (Lipinski definition) is 1. The standard InChI is InChI=1S/C29H54O/c30-29(25-13-9-5-1-3-7-11-19-27-21-15-16-22-27)26-14-10-6-2-4-8-12-20-28-23-17-18-24-28/h27-28H,1-26H2. The number of Topliss-reactive ketones (excluding diaryl/α,β-unsaturated/α-hetero) is 1. The van der Waals surface area contributed by atoms with E-state index in [1.165, 1.54) is 141 Å². The third-order valence-electron chi connectivity index (χ3n) is 8.09. The minimum Gasteiger partial charge on any atom is -0.300 e. The van der Waals surface area contributed by atoms with E-state index in [9.17, 15) is 4.79 Å². The monoisotopic (exact) mass is 418 g/mol. The number of ketones is 1. The molecule has 0 heterocycles. The van der Waals surface area contributed by atoms with Crippen molar-refractivity contribution >= 4 is 5.78 Å². The van der Waals surface area contributed by atoms with E-state index in [2.05, 4.69) is 0 Å². The van der Waals surface area contributed by atoms with E-state index in [0.29, 0.717) is 5.78 Å². The maximum Gasteiger partial charge on any atom is 0.132 e. The molecule has 0 aliphatic heterocycles. The molecule has 0 radical (unpaired) electrons. The summed E-state index contributed by atoms with van der Waals surface area (Å²) < 4.78 is 0. The third-order valence-corrected chi connectivity index (χ3v) is 8.09. The van der Waals surface area contributed by atoms with Gasteiger partial charge in [0.25, 0.3) is 0 Å². The van der Waals surface area contributed by atoms with E-state index in [-0.39, 0.29) is 0 Å². The lowest BCUT2D eigenvalue weighted by Gasteiger charge is -2.08. The zero-order valence-electron chi connectivity index (χ0n) is 20.4. The molecule has 0 aromatic heterocycles. The summed E-state index contributed by atoms with van der Waals surface area (Å²) in [6, 6.07) is 0. The van der Waals surface area contributed by atoms with Crippen molar-refractivity contribution in [3.63, 3.8) is 0 Å². The van der Waals surface area contributed by atoms with Crippen molar-refractivity contribution in [3.05, 3.63) is 0 Å². The number of carbonyl (C=O) groups is 1. The maximum absolute atomic E-state index is 12.0. The Kier molecular flexibility index (Phi) is 15.8. The molecule has 30 heavy (non-hydrogen) atoms. The first-order chi connectivity index (χ1) is 14.8. The number of unbranched alkanes of at least 4 members (excludes halogenated alkanes) is 12. The van der Waals surface area contributed by atoms with Crippen molar-refractivity contribution in [2.75, 3.05) is 0 Å². The van der Waals surface area contributed by atoms with Crippen molar-refractivity contribution in [3.8, 4) is 0 Å². The topological polar surface area (TPSA) is 17.1 Å². The summed E-state index contributed by atoms with van der Waals surface area (Å²) in [6.45, 7) is 0. The highest BCUT2D eigenvalue weighted by Gasteiger charge is 2.14. The summed E-state index contributed by atoms with van der Waals surface area (Å²) in [5.41, 5.74) is 0. The van der Waals surface area contributed by atoms with Crippen molar-refractivity contribution in [2.45, 2.75) is 167 Å². The van der Waals surface area contributed by atoms with Crippen LogP contribution < -0.4 is 0 Å². The molecule has 2 rings (SSSR count). The van der Waals surface area contributed by atoms with Crippen LogP contribution in [0.15, 0.2) is 0 Å². The first-order valence-electron chi connectivity index (χ1n) is 14.4. The van der Waals surface area contributed by atoms with Gasteiger partial charge in [-0.25, -0.2) is 0 Å². The molecule has 1 nitrogen and oxygen atoms in total. The van der Waals surface area contributed by atoms with E-state index >= 15 is 0 Å². The molecular formula is C29H54O. The predicted molar refractivity (Wildman–Crippen MR) is 132 cm³/mol. The van der Waals surface area contributed by atoms with Crippen LogP contribution in [0.2, 0.25) is 0 Å².